The molecule has 0 radical (unpaired) electrons. The number of aromatic nitrogens is 2. The van der Waals surface area contributed by atoms with Gasteiger partial charge in [0.1, 0.15) is 0 Å². The van der Waals surface area contributed by atoms with Gasteiger partial charge in [-0.15, -0.1) is 0 Å². The van der Waals surface area contributed by atoms with Gasteiger partial charge < -0.3 is 15.4 Å². The Morgan fingerprint density at radius 2 is 2.20 bits per heavy atom. The highest BCUT2D eigenvalue weighted by atomic mass is 16.5. The number of hydrogen-bond acceptors (Lipinski definition) is 5. The molecule has 1 aromatic heterocycles. The lowest BCUT2D eigenvalue weighted by molar-refractivity contribution is 0.0946. The second kappa shape index (κ2) is 6.56. The molecule has 114 valence electrons. The van der Waals surface area contributed by atoms with Crippen LogP contribution in [0.25, 0.3) is 0 Å². The van der Waals surface area contributed by atoms with Crippen molar-refractivity contribution in [1.82, 2.24) is 19.6 Å². The van der Waals surface area contributed by atoms with Gasteiger partial charge in [0.05, 0.1) is 25.0 Å². The quantitative estimate of drug-likeness (QED) is 0.854. The maximum atomic E-state index is 6.57. The van der Waals surface area contributed by atoms with E-state index in [-0.39, 0.29) is 12.1 Å². The average Bonchev–Trinajstić information content (AvgIpc) is 2.84. The molecule has 0 spiro atoms. The highest BCUT2D eigenvalue weighted by Crippen LogP contribution is 2.28. The second-order valence-electron chi connectivity index (χ2n) is 5.66. The lowest BCUT2D eigenvalue weighted by atomic mass is 10.0. The number of rotatable bonds is 5. The average molecular weight is 281 g/mol. The summed E-state index contributed by atoms with van der Waals surface area (Å²) in [6, 6.07) is 0.196. The van der Waals surface area contributed by atoms with E-state index in [1.165, 1.54) is 0 Å². The molecule has 2 unspecified atom stereocenters. The normalized spacial score (nSPS) is 22.9. The topological polar surface area (TPSA) is 59.6 Å². The Balaban J connectivity index is 2.26. The van der Waals surface area contributed by atoms with Crippen LogP contribution in [0.4, 0.5) is 0 Å². The van der Waals surface area contributed by atoms with E-state index in [1.54, 1.807) is 13.3 Å². The van der Waals surface area contributed by atoms with E-state index >= 15 is 0 Å². The minimum atomic E-state index is -0.0910. The highest BCUT2D eigenvalue weighted by Gasteiger charge is 2.32. The SMILES string of the molecule is CCCn1ncc(OC)c1C(N)C1CN(C)CCN1C. The Hall–Kier alpha value is -1.11. The lowest BCUT2D eigenvalue weighted by Crippen LogP contribution is -2.54. The molecule has 1 saturated heterocycles. The van der Waals surface area contributed by atoms with Crippen molar-refractivity contribution in [1.29, 1.82) is 0 Å². The summed E-state index contributed by atoms with van der Waals surface area (Å²) in [7, 11) is 5.97. The molecule has 0 aromatic carbocycles. The fourth-order valence-electron chi connectivity index (χ4n) is 2.88. The zero-order chi connectivity index (χ0) is 14.7. The molecule has 2 N–H and O–H groups in total. The number of ether oxygens (including phenoxy) is 1. The predicted molar refractivity (Wildman–Crippen MR) is 79.9 cm³/mol. The second-order valence-corrected chi connectivity index (χ2v) is 5.66. The van der Waals surface area contributed by atoms with Gasteiger partial charge in [-0.3, -0.25) is 9.58 Å². The van der Waals surface area contributed by atoms with Crippen molar-refractivity contribution in [3.8, 4) is 5.75 Å². The Labute approximate surface area is 121 Å². The minimum Gasteiger partial charge on any atom is -0.493 e. The summed E-state index contributed by atoms with van der Waals surface area (Å²) in [6.07, 6.45) is 2.81. The molecule has 0 aliphatic carbocycles. The van der Waals surface area contributed by atoms with Gasteiger partial charge in [-0.2, -0.15) is 5.10 Å². The van der Waals surface area contributed by atoms with E-state index in [0.717, 1.165) is 44.0 Å². The number of hydrogen-bond donors (Lipinski definition) is 1. The van der Waals surface area contributed by atoms with E-state index in [4.69, 9.17) is 10.5 Å². The third kappa shape index (κ3) is 2.97. The maximum Gasteiger partial charge on any atom is 0.161 e. The van der Waals surface area contributed by atoms with E-state index in [0.29, 0.717) is 0 Å². The predicted octanol–water partition coefficient (Wildman–Crippen LogP) is 0.547. The molecule has 0 bridgehead atoms. The first-order chi connectivity index (χ1) is 9.58. The Kier molecular flexibility index (Phi) is 5.01. The van der Waals surface area contributed by atoms with E-state index in [1.807, 2.05) is 4.68 Å². The smallest absolute Gasteiger partial charge is 0.161 e. The number of methoxy groups -OCH3 is 1. The molecule has 0 saturated carbocycles. The molecular formula is C14H27N5O. The van der Waals surface area contributed by atoms with Crippen molar-refractivity contribution in [3.63, 3.8) is 0 Å². The van der Waals surface area contributed by atoms with Crippen molar-refractivity contribution in [2.75, 3.05) is 40.8 Å². The standard InChI is InChI=1S/C14H27N5O/c1-5-6-19-14(12(20-4)9-16-19)13(15)11-10-17(2)7-8-18(11)3/h9,11,13H,5-8,10,15H2,1-4H3. The zero-order valence-corrected chi connectivity index (χ0v) is 13.0. The molecule has 2 rings (SSSR count). The maximum absolute atomic E-state index is 6.57. The van der Waals surface area contributed by atoms with Gasteiger partial charge in [0.15, 0.2) is 5.75 Å². The third-order valence-electron chi connectivity index (χ3n) is 4.13. The van der Waals surface area contributed by atoms with E-state index < -0.39 is 0 Å². The first-order valence-corrected chi connectivity index (χ1v) is 7.32. The molecule has 6 heteroatoms. The van der Waals surface area contributed by atoms with Crippen LogP contribution in [-0.2, 0) is 6.54 Å². The summed E-state index contributed by atoms with van der Waals surface area (Å²) in [6.45, 7) is 6.12. The van der Waals surface area contributed by atoms with Gasteiger partial charge in [0, 0.05) is 32.2 Å². The third-order valence-corrected chi connectivity index (χ3v) is 4.13. The summed E-state index contributed by atoms with van der Waals surface area (Å²) in [4.78, 5) is 4.67. The largest absolute Gasteiger partial charge is 0.493 e. The molecule has 2 atom stereocenters. The summed E-state index contributed by atoms with van der Waals surface area (Å²) in [5.74, 6) is 0.799. The fraction of sp³-hybridized carbons (Fsp3) is 0.786. The fourth-order valence-corrected chi connectivity index (χ4v) is 2.88. The van der Waals surface area contributed by atoms with Crippen molar-refractivity contribution in [3.05, 3.63) is 11.9 Å². The van der Waals surface area contributed by atoms with E-state index in [2.05, 4.69) is 35.9 Å². The molecule has 1 fully saturated rings. The highest BCUT2D eigenvalue weighted by molar-refractivity contribution is 5.29. The van der Waals surface area contributed by atoms with Crippen LogP contribution in [0.15, 0.2) is 6.20 Å². The number of likely N-dealkylation sites (N-methyl/N-ethyl adjacent to an activating group) is 2. The minimum absolute atomic E-state index is 0.0910. The molecule has 1 aromatic rings. The van der Waals surface area contributed by atoms with Crippen molar-refractivity contribution >= 4 is 0 Å². The van der Waals surface area contributed by atoms with Crippen molar-refractivity contribution in [2.45, 2.75) is 32.0 Å². The van der Waals surface area contributed by atoms with Gasteiger partial charge in [0.2, 0.25) is 0 Å². The Morgan fingerprint density at radius 3 is 2.85 bits per heavy atom. The van der Waals surface area contributed by atoms with Crippen LogP contribution in [0.5, 0.6) is 5.75 Å². The summed E-state index contributed by atoms with van der Waals surface area (Å²) in [5.41, 5.74) is 7.58. The summed E-state index contributed by atoms with van der Waals surface area (Å²) >= 11 is 0. The van der Waals surface area contributed by atoms with Crippen LogP contribution in [0.1, 0.15) is 25.1 Å². The van der Waals surface area contributed by atoms with Crippen molar-refractivity contribution in [2.24, 2.45) is 5.73 Å². The monoisotopic (exact) mass is 281 g/mol. The Bertz CT molecular complexity index is 433. The van der Waals surface area contributed by atoms with Gasteiger partial charge in [-0.05, 0) is 20.5 Å². The van der Waals surface area contributed by atoms with Crippen LogP contribution in [0, 0.1) is 0 Å². The molecule has 0 amide bonds. The van der Waals surface area contributed by atoms with E-state index in [9.17, 15) is 0 Å². The summed E-state index contributed by atoms with van der Waals surface area (Å²) < 4.78 is 7.44. The number of nitrogens with two attached hydrogens (primary N) is 1. The zero-order valence-electron chi connectivity index (χ0n) is 13.0. The van der Waals surface area contributed by atoms with Gasteiger partial charge >= 0.3 is 0 Å². The molecule has 2 heterocycles. The van der Waals surface area contributed by atoms with Crippen LogP contribution >= 0.6 is 0 Å². The molecular weight excluding hydrogens is 254 g/mol. The van der Waals surface area contributed by atoms with Crippen molar-refractivity contribution < 1.29 is 4.74 Å². The molecule has 1 aliphatic rings. The number of piperazine rings is 1. The Morgan fingerprint density at radius 1 is 1.45 bits per heavy atom. The number of nitrogens with zero attached hydrogens (tertiary/aromatic N) is 4. The van der Waals surface area contributed by atoms with Crippen LogP contribution in [0.2, 0.25) is 0 Å². The first kappa shape index (κ1) is 15.3. The van der Waals surface area contributed by atoms with Crippen LogP contribution in [-0.4, -0.2) is 66.5 Å². The number of aryl methyl sites for hydroxylation is 1. The van der Waals surface area contributed by atoms with Gasteiger partial charge in [0.25, 0.3) is 0 Å². The first-order valence-electron chi connectivity index (χ1n) is 7.32. The van der Waals surface area contributed by atoms with Gasteiger partial charge in [-0.1, -0.05) is 6.92 Å². The van der Waals surface area contributed by atoms with Crippen LogP contribution < -0.4 is 10.5 Å². The van der Waals surface area contributed by atoms with Crippen LogP contribution in [0.3, 0.4) is 0 Å². The lowest BCUT2D eigenvalue weighted by Gasteiger charge is -2.40. The molecule has 6 nitrogen and oxygen atoms in total. The summed E-state index contributed by atoms with van der Waals surface area (Å²) in [5, 5.41) is 4.42. The molecule has 20 heavy (non-hydrogen) atoms. The van der Waals surface area contributed by atoms with Gasteiger partial charge in [-0.25, -0.2) is 0 Å². The molecule has 1 aliphatic heterocycles.